The van der Waals surface area contributed by atoms with Gasteiger partial charge in [0.15, 0.2) is 23.4 Å². The van der Waals surface area contributed by atoms with E-state index in [1.807, 2.05) is 24.3 Å². The van der Waals surface area contributed by atoms with E-state index in [1.54, 1.807) is 26.4 Å². The number of rotatable bonds is 6. The fourth-order valence-electron chi connectivity index (χ4n) is 2.58. The molecule has 1 fully saturated rings. The van der Waals surface area contributed by atoms with Gasteiger partial charge in [-0.2, -0.15) is 0 Å². The van der Waals surface area contributed by atoms with Crippen LogP contribution in [0.5, 0.6) is 17.2 Å². The summed E-state index contributed by atoms with van der Waals surface area (Å²) in [5.41, 5.74) is 1.42. The summed E-state index contributed by atoms with van der Waals surface area (Å²) in [6.45, 7) is 0. The number of carbonyl (C=O) groups is 1. The molecule has 0 spiro atoms. The minimum Gasteiger partial charge on any atom is -0.497 e. The molecule has 24 heavy (non-hydrogen) atoms. The number of ether oxygens (including phenoxy) is 4. The molecule has 0 amide bonds. The van der Waals surface area contributed by atoms with Crippen LogP contribution < -0.4 is 14.2 Å². The van der Waals surface area contributed by atoms with Gasteiger partial charge in [-0.25, -0.2) is 0 Å². The summed E-state index contributed by atoms with van der Waals surface area (Å²) < 4.78 is 22.0. The third kappa shape index (κ3) is 3.12. The number of carbonyl (C=O) groups excluding carboxylic acids is 1. The lowest BCUT2D eigenvalue weighted by atomic mass is 10.0. The monoisotopic (exact) mass is 392 g/mol. The zero-order chi connectivity index (χ0) is 17.3. The lowest BCUT2D eigenvalue weighted by Crippen LogP contribution is -2.10. The normalized spacial score (nSPS) is 18.8. The number of ketones is 1. The van der Waals surface area contributed by atoms with Gasteiger partial charge in [-0.15, -0.1) is 0 Å². The molecule has 1 aliphatic heterocycles. The Bertz CT molecular complexity index is 774. The van der Waals surface area contributed by atoms with Crippen LogP contribution in [0.2, 0.25) is 0 Å². The molecule has 1 saturated heterocycles. The summed E-state index contributed by atoms with van der Waals surface area (Å²) in [4.78, 5) is 12.8. The van der Waals surface area contributed by atoms with E-state index in [0.717, 1.165) is 11.3 Å². The zero-order valence-corrected chi connectivity index (χ0v) is 15.1. The Balaban J connectivity index is 1.83. The van der Waals surface area contributed by atoms with Gasteiger partial charge in [-0.05, 0) is 45.8 Å². The highest BCUT2D eigenvalue weighted by molar-refractivity contribution is 9.10. The Morgan fingerprint density at radius 2 is 1.75 bits per heavy atom. The maximum atomic E-state index is 12.8. The van der Waals surface area contributed by atoms with Gasteiger partial charge in [0.05, 0.1) is 21.3 Å². The fourth-order valence-corrected chi connectivity index (χ4v) is 3.10. The first kappa shape index (κ1) is 16.8. The highest BCUT2D eigenvalue weighted by Crippen LogP contribution is 2.43. The number of Topliss-reactive ketones (excluding diaryl/α,β-unsaturated/α-hetero) is 1. The predicted molar refractivity (Wildman–Crippen MR) is 92.2 cm³/mol. The van der Waals surface area contributed by atoms with E-state index >= 15 is 0 Å². The average molecular weight is 393 g/mol. The van der Waals surface area contributed by atoms with Gasteiger partial charge in [-0.1, -0.05) is 12.1 Å². The molecule has 3 rings (SSSR count). The summed E-state index contributed by atoms with van der Waals surface area (Å²) in [5, 5.41) is 0. The van der Waals surface area contributed by atoms with Crippen LogP contribution in [0.1, 0.15) is 22.0 Å². The summed E-state index contributed by atoms with van der Waals surface area (Å²) in [5.74, 6) is 1.70. The smallest absolute Gasteiger partial charge is 0.195 e. The Morgan fingerprint density at radius 3 is 2.42 bits per heavy atom. The number of halogens is 1. The molecule has 2 atom stereocenters. The molecule has 0 aliphatic carbocycles. The first-order valence-electron chi connectivity index (χ1n) is 7.34. The van der Waals surface area contributed by atoms with Crippen molar-refractivity contribution in [3.05, 3.63) is 52.0 Å². The largest absolute Gasteiger partial charge is 0.497 e. The minimum absolute atomic E-state index is 0.101. The molecule has 6 heteroatoms. The van der Waals surface area contributed by atoms with Crippen molar-refractivity contribution in [3.8, 4) is 17.2 Å². The van der Waals surface area contributed by atoms with Crippen LogP contribution in [0.4, 0.5) is 0 Å². The topological polar surface area (TPSA) is 57.3 Å². The van der Waals surface area contributed by atoms with E-state index in [0.29, 0.717) is 21.5 Å². The Morgan fingerprint density at radius 1 is 1.04 bits per heavy atom. The van der Waals surface area contributed by atoms with Crippen LogP contribution in [-0.2, 0) is 4.74 Å². The van der Waals surface area contributed by atoms with Crippen molar-refractivity contribution in [1.29, 1.82) is 0 Å². The van der Waals surface area contributed by atoms with Crippen LogP contribution in [0, 0.1) is 0 Å². The van der Waals surface area contributed by atoms with Gasteiger partial charge in [-0.3, -0.25) is 4.79 Å². The van der Waals surface area contributed by atoms with Crippen molar-refractivity contribution in [2.75, 3.05) is 21.3 Å². The molecule has 1 heterocycles. The fraction of sp³-hybridized carbons (Fsp3) is 0.278. The third-order valence-corrected chi connectivity index (χ3v) is 4.57. The van der Waals surface area contributed by atoms with E-state index in [4.69, 9.17) is 18.9 Å². The molecule has 126 valence electrons. The maximum absolute atomic E-state index is 12.8. The van der Waals surface area contributed by atoms with Crippen molar-refractivity contribution in [2.24, 2.45) is 0 Å². The van der Waals surface area contributed by atoms with Crippen molar-refractivity contribution in [1.82, 2.24) is 0 Å². The third-order valence-electron chi connectivity index (χ3n) is 3.91. The molecule has 0 radical (unpaired) electrons. The highest BCUT2D eigenvalue weighted by Gasteiger charge is 2.47. The average Bonchev–Trinajstić information content (AvgIpc) is 3.41. The minimum atomic E-state index is -0.508. The number of methoxy groups -OCH3 is 3. The molecule has 2 aromatic carbocycles. The standard InChI is InChI=1S/C18H17BrO5/c1-21-11-6-4-5-10(7-11)17-18(24-17)16(20)12-8-14(22-2)15(23-3)9-13(12)19/h4-9,17-18H,1-3H3/t17-,18-/m0/s1. The molecular weight excluding hydrogens is 376 g/mol. The van der Waals surface area contributed by atoms with Gasteiger partial charge >= 0.3 is 0 Å². The van der Waals surface area contributed by atoms with Crippen LogP contribution in [0.15, 0.2) is 40.9 Å². The summed E-state index contributed by atoms with van der Waals surface area (Å²) in [6.07, 6.45) is -0.765. The molecule has 2 aromatic rings. The van der Waals surface area contributed by atoms with Crippen LogP contribution >= 0.6 is 15.9 Å². The van der Waals surface area contributed by atoms with E-state index in [1.165, 1.54) is 7.11 Å². The number of epoxide rings is 1. The number of hydrogen-bond acceptors (Lipinski definition) is 5. The molecule has 0 unspecified atom stereocenters. The number of hydrogen-bond donors (Lipinski definition) is 0. The second-order valence-electron chi connectivity index (χ2n) is 5.31. The highest BCUT2D eigenvalue weighted by atomic mass is 79.9. The predicted octanol–water partition coefficient (Wildman–Crippen LogP) is 3.80. The van der Waals surface area contributed by atoms with E-state index in [9.17, 15) is 4.79 Å². The van der Waals surface area contributed by atoms with Gasteiger partial charge in [0, 0.05) is 10.0 Å². The molecule has 5 nitrogen and oxygen atoms in total. The molecular formula is C18H17BrO5. The number of benzene rings is 2. The quantitative estimate of drug-likeness (QED) is 0.552. The molecule has 0 saturated carbocycles. The van der Waals surface area contributed by atoms with Gasteiger partial charge in [0.2, 0.25) is 0 Å². The molecule has 0 aromatic heterocycles. The van der Waals surface area contributed by atoms with Crippen molar-refractivity contribution >= 4 is 21.7 Å². The van der Waals surface area contributed by atoms with Crippen LogP contribution in [-0.4, -0.2) is 33.2 Å². The second-order valence-corrected chi connectivity index (χ2v) is 6.16. The molecule has 0 N–H and O–H groups in total. The van der Waals surface area contributed by atoms with Crippen molar-refractivity contribution in [3.63, 3.8) is 0 Å². The first-order chi connectivity index (χ1) is 11.6. The Labute approximate surface area is 148 Å². The van der Waals surface area contributed by atoms with Crippen LogP contribution in [0.25, 0.3) is 0 Å². The van der Waals surface area contributed by atoms with Crippen molar-refractivity contribution in [2.45, 2.75) is 12.2 Å². The van der Waals surface area contributed by atoms with Gasteiger partial charge < -0.3 is 18.9 Å². The lowest BCUT2D eigenvalue weighted by Gasteiger charge is -2.10. The van der Waals surface area contributed by atoms with E-state index < -0.39 is 6.10 Å². The van der Waals surface area contributed by atoms with E-state index in [2.05, 4.69) is 15.9 Å². The van der Waals surface area contributed by atoms with E-state index in [-0.39, 0.29) is 11.9 Å². The Kier molecular flexibility index (Phi) is 4.78. The molecule has 1 aliphatic rings. The zero-order valence-electron chi connectivity index (χ0n) is 13.5. The summed E-state index contributed by atoms with van der Waals surface area (Å²) >= 11 is 3.42. The summed E-state index contributed by atoms with van der Waals surface area (Å²) in [6, 6.07) is 10.9. The molecule has 0 bridgehead atoms. The van der Waals surface area contributed by atoms with Gasteiger partial charge in [0.1, 0.15) is 11.9 Å². The first-order valence-corrected chi connectivity index (χ1v) is 8.13. The lowest BCUT2D eigenvalue weighted by molar-refractivity contribution is 0.0952. The van der Waals surface area contributed by atoms with Crippen molar-refractivity contribution < 1.29 is 23.7 Å². The van der Waals surface area contributed by atoms with Crippen LogP contribution in [0.3, 0.4) is 0 Å². The maximum Gasteiger partial charge on any atom is 0.195 e. The SMILES string of the molecule is COc1cccc([C@@H]2O[C@H]2C(=O)c2cc(OC)c(OC)cc2Br)c1. The Hall–Kier alpha value is -2.05. The summed E-state index contributed by atoms with van der Waals surface area (Å²) in [7, 11) is 4.69. The second kappa shape index (κ2) is 6.83. The van der Waals surface area contributed by atoms with Gasteiger partial charge in [0.25, 0.3) is 0 Å².